The first-order chi connectivity index (χ1) is 9.99. The minimum Gasteiger partial charge on any atom is -0.477 e. The van der Waals surface area contributed by atoms with Gasteiger partial charge in [0, 0.05) is 12.1 Å². The maximum absolute atomic E-state index is 11.2. The molecule has 1 aromatic heterocycles. The number of aromatic nitrogens is 1. The minimum absolute atomic E-state index is 0.0768. The van der Waals surface area contributed by atoms with Gasteiger partial charge in [0.15, 0.2) is 0 Å². The fraction of sp³-hybridized carbons (Fsp3) is 0.538. The van der Waals surface area contributed by atoms with E-state index in [9.17, 15) is 14.9 Å². The van der Waals surface area contributed by atoms with E-state index in [0.29, 0.717) is 6.61 Å². The maximum Gasteiger partial charge on any atom is 0.341 e. The van der Waals surface area contributed by atoms with Gasteiger partial charge in [-0.25, -0.2) is 9.78 Å². The summed E-state index contributed by atoms with van der Waals surface area (Å²) in [5, 5.41) is 19.8. The highest BCUT2D eigenvalue weighted by Gasteiger charge is 2.22. The zero-order valence-electron chi connectivity index (χ0n) is 11.7. The predicted molar refractivity (Wildman–Crippen MR) is 73.6 cm³/mol. The average Bonchev–Trinajstić information content (AvgIpc) is 2.46. The Labute approximate surface area is 121 Å². The number of nitrogens with zero attached hydrogens (tertiary/aromatic N) is 3. The van der Waals surface area contributed by atoms with Gasteiger partial charge < -0.3 is 14.7 Å². The van der Waals surface area contributed by atoms with E-state index in [-0.39, 0.29) is 23.2 Å². The van der Waals surface area contributed by atoms with E-state index >= 15 is 0 Å². The quantitative estimate of drug-likeness (QED) is 0.648. The summed E-state index contributed by atoms with van der Waals surface area (Å²) in [4.78, 5) is 27.1. The third-order valence-electron chi connectivity index (χ3n) is 3.61. The third kappa shape index (κ3) is 3.66. The summed E-state index contributed by atoms with van der Waals surface area (Å²) in [5.74, 6) is -1.37. The van der Waals surface area contributed by atoms with Crippen LogP contribution in [-0.2, 0) is 0 Å². The number of rotatable bonds is 5. The van der Waals surface area contributed by atoms with Crippen LogP contribution >= 0.6 is 0 Å². The largest absolute Gasteiger partial charge is 0.477 e. The molecule has 0 saturated carbocycles. The first-order valence-corrected chi connectivity index (χ1v) is 6.70. The number of carboxylic acids is 1. The summed E-state index contributed by atoms with van der Waals surface area (Å²) in [7, 11) is 1.99. The predicted octanol–water partition coefficient (Wildman–Crippen LogP) is 1.55. The van der Waals surface area contributed by atoms with Crippen molar-refractivity contribution in [2.45, 2.75) is 25.3 Å². The third-order valence-corrected chi connectivity index (χ3v) is 3.61. The molecule has 2 rings (SSSR count). The summed E-state index contributed by atoms with van der Waals surface area (Å²) in [6, 6.07) is 1.17. The van der Waals surface area contributed by atoms with Crippen LogP contribution < -0.4 is 4.74 Å². The Hall–Kier alpha value is -2.22. The number of hydrogen-bond donors (Lipinski definition) is 1. The van der Waals surface area contributed by atoms with Crippen LogP contribution in [0.25, 0.3) is 0 Å². The molecule has 1 aliphatic rings. The zero-order chi connectivity index (χ0) is 15.4. The molecule has 1 saturated heterocycles. The Morgan fingerprint density at radius 3 is 3.00 bits per heavy atom. The lowest BCUT2D eigenvalue weighted by atomic mass is 10.0. The first-order valence-electron chi connectivity index (χ1n) is 6.70. The van der Waals surface area contributed by atoms with Crippen molar-refractivity contribution in [3.63, 3.8) is 0 Å². The molecule has 0 amide bonds. The van der Waals surface area contributed by atoms with Crippen molar-refractivity contribution in [1.82, 2.24) is 9.88 Å². The molecule has 1 aliphatic heterocycles. The van der Waals surface area contributed by atoms with Crippen LogP contribution in [0.5, 0.6) is 5.88 Å². The lowest BCUT2D eigenvalue weighted by molar-refractivity contribution is -0.385. The van der Waals surface area contributed by atoms with Crippen molar-refractivity contribution in [2.75, 3.05) is 20.2 Å². The lowest BCUT2D eigenvalue weighted by Crippen LogP contribution is -2.40. The summed E-state index contributed by atoms with van der Waals surface area (Å²) in [6.45, 7) is 1.30. The van der Waals surface area contributed by atoms with Crippen molar-refractivity contribution in [2.24, 2.45) is 0 Å². The topological polar surface area (TPSA) is 106 Å². The molecule has 1 unspecified atom stereocenters. The molecular formula is C13H17N3O5. The fourth-order valence-electron chi connectivity index (χ4n) is 2.34. The van der Waals surface area contributed by atoms with Crippen molar-refractivity contribution >= 4 is 11.7 Å². The van der Waals surface area contributed by atoms with Crippen molar-refractivity contribution in [3.8, 4) is 5.88 Å². The number of carboxylic acid groups (broad SMARTS) is 1. The van der Waals surface area contributed by atoms with Crippen molar-refractivity contribution in [1.29, 1.82) is 0 Å². The zero-order valence-corrected chi connectivity index (χ0v) is 11.7. The van der Waals surface area contributed by atoms with Crippen LogP contribution in [0.1, 0.15) is 29.6 Å². The Bertz CT molecular complexity index is 549. The number of carbonyl (C=O) groups is 1. The van der Waals surface area contributed by atoms with E-state index in [0.717, 1.165) is 38.1 Å². The molecule has 0 aromatic carbocycles. The molecule has 8 heteroatoms. The van der Waals surface area contributed by atoms with Crippen LogP contribution in [0.15, 0.2) is 12.3 Å². The highest BCUT2D eigenvalue weighted by atomic mass is 16.6. The molecule has 0 bridgehead atoms. The van der Waals surface area contributed by atoms with Crippen LogP contribution in [0.2, 0.25) is 0 Å². The number of piperidine rings is 1. The monoisotopic (exact) mass is 295 g/mol. The number of hydrogen-bond acceptors (Lipinski definition) is 6. The summed E-state index contributed by atoms with van der Waals surface area (Å²) >= 11 is 0. The molecule has 1 atom stereocenters. The highest BCUT2D eigenvalue weighted by molar-refractivity contribution is 5.90. The molecule has 1 fully saturated rings. The Balaban J connectivity index is 2.11. The van der Waals surface area contributed by atoms with E-state index in [1.165, 1.54) is 0 Å². The Morgan fingerprint density at radius 1 is 1.62 bits per heavy atom. The van der Waals surface area contributed by atoms with Gasteiger partial charge >= 0.3 is 5.97 Å². The molecule has 0 spiro atoms. The molecular weight excluding hydrogens is 278 g/mol. The van der Waals surface area contributed by atoms with Crippen LogP contribution in [-0.4, -0.2) is 52.1 Å². The summed E-state index contributed by atoms with van der Waals surface area (Å²) in [6.07, 6.45) is 4.24. The van der Waals surface area contributed by atoms with E-state index < -0.39 is 10.9 Å². The Kier molecular flexibility index (Phi) is 4.69. The molecule has 114 valence electrons. The molecule has 2 heterocycles. The number of ether oxygens (including phenoxy) is 1. The molecule has 0 radical (unpaired) electrons. The average molecular weight is 295 g/mol. The maximum atomic E-state index is 11.2. The SMILES string of the molecule is CN1CCCCC1COc1ncc([N+](=O)[O-])cc1C(=O)O. The summed E-state index contributed by atoms with van der Waals surface area (Å²) in [5.41, 5.74) is -0.655. The number of likely N-dealkylation sites (tertiary alicyclic amines) is 1. The second-order valence-electron chi connectivity index (χ2n) is 5.05. The molecule has 8 nitrogen and oxygen atoms in total. The van der Waals surface area contributed by atoms with E-state index in [2.05, 4.69) is 9.88 Å². The van der Waals surface area contributed by atoms with Crippen LogP contribution in [0.3, 0.4) is 0 Å². The van der Waals surface area contributed by atoms with E-state index in [4.69, 9.17) is 9.84 Å². The second-order valence-corrected chi connectivity index (χ2v) is 5.05. The van der Waals surface area contributed by atoms with Gasteiger partial charge in [-0.1, -0.05) is 6.42 Å². The summed E-state index contributed by atoms with van der Waals surface area (Å²) < 4.78 is 5.49. The van der Waals surface area contributed by atoms with Crippen molar-refractivity contribution in [3.05, 3.63) is 27.9 Å². The van der Waals surface area contributed by atoms with Gasteiger partial charge in [0.1, 0.15) is 18.4 Å². The molecule has 1 N–H and O–H groups in total. The van der Waals surface area contributed by atoms with Crippen LogP contribution in [0, 0.1) is 10.1 Å². The molecule has 0 aliphatic carbocycles. The van der Waals surface area contributed by atoms with Gasteiger partial charge in [-0.2, -0.15) is 0 Å². The number of pyridine rings is 1. The van der Waals surface area contributed by atoms with E-state index in [1.807, 2.05) is 7.05 Å². The molecule has 21 heavy (non-hydrogen) atoms. The first kappa shape index (κ1) is 15.2. The van der Waals surface area contributed by atoms with Gasteiger partial charge in [-0.15, -0.1) is 0 Å². The molecule has 1 aromatic rings. The smallest absolute Gasteiger partial charge is 0.341 e. The van der Waals surface area contributed by atoms with E-state index in [1.54, 1.807) is 0 Å². The van der Waals surface area contributed by atoms with Crippen molar-refractivity contribution < 1.29 is 19.6 Å². The van der Waals surface area contributed by atoms with Gasteiger partial charge in [0.25, 0.3) is 5.69 Å². The minimum atomic E-state index is -1.29. The number of likely N-dealkylation sites (N-methyl/N-ethyl adjacent to an activating group) is 1. The lowest BCUT2D eigenvalue weighted by Gasteiger charge is -2.32. The standard InChI is InChI=1S/C13H17N3O5/c1-15-5-3-2-4-9(15)8-21-12-11(13(17)18)6-10(7-14-12)16(19)20/h6-7,9H,2-5,8H2,1H3,(H,17,18). The van der Waals surface area contributed by atoms with Gasteiger partial charge in [0.05, 0.1) is 4.92 Å². The second kappa shape index (κ2) is 6.49. The van der Waals surface area contributed by atoms with Gasteiger partial charge in [-0.05, 0) is 26.4 Å². The van der Waals surface area contributed by atoms with Gasteiger partial charge in [-0.3, -0.25) is 10.1 Å². The number of aromatic carboxylic acids is 1. The number of nitro groups is 1. The highest BCUT2D eigenvalue weighted by Crippen LogP contribution is 2.22. The van der Waals surface area contributed by atoms with Crippen LogP contribution in [0.4, 0.5) is 5.69 Å². The Morgan fingerprint density at radius 2 is 2.38 bits per heavy atom. The fourth-order valence-corrected chi connectivity index (χ4v) is 2.34. The normalized spacial score (nSPS) is 19.2. The van der Waals surface area contributed by atoms with Gasteiger partial charge in [0.2, 0.25) is 5.88 Å².